The fourth-order valence-corrected chi connectivity index (χ4v) is 2.66. The van der Waals surface area contributed by atoms with Gasteiger partial charge in [0.2, 0.25) is 0 Å². The van der Waals surface area contributed by atoms with Gasteiger partial charge in [-0.05, 0) is 44.1 Å². The van der Waals surface area contributed by atoms with Crippen molar-refractivity contribution in [3.8, 4) is 6.07 Å². The minimum Gasteiger partial charge on any atom is -0.326 e. The predicted octanol–water partition coefficient (Wildman–Crippen LogP) is 2.04. The molecule has 2 rings (SSSR count). The van der Waals surface area contributed by atoms with Gasteiger partial charge in [-0.1, -0.05) is 18.6 Å². The maximum Gasteiger partial charge on any atom is 0.0991 e. The molecule has 1 aliphatic heterocycles. The van der Waals surface area contributed by atoms with Crippen LogP contribution in [0.15, 0.2) is 24.3 Å². The van der Waals surface area contributed by atoms with E-state index in [1.165, 1.54) is 18.4 Å². The fourth-order valence-electron chi connectivity index (χ4n) is 2.66. The van der Waals surface area contributed by atoms with E-state index in [0.29, 0.717) is 5.56 Å². The van der Waals surface area contributed by atoms with Crippen molar-refractivity contribution in [3.05, 3.63) is 35.4 Å². The van der Waals surface area contributed by atoms with Crippen molar-refractivity contribution in [1.82, 2.24) is 4.90 Å². The summed E-state index contributed by atoms with van der Waals surface area (Å²) in [6.07, 6.45) is 3.46. The second-order valence-electron chi connectivity index (χ2n) is 4.82. The van der Waals surface area contributed by atoms with Crippen molar-refractivity contribution in [3.63, 3.8) is 0 Å². The Labute approximate surface area is 103 Å². The molecule has 1 saturated heterocycles. The molecule has 0 saturated carbocycles. The molecule has 0 amide bonds. The minimum atomic E-state index is 0.163. The van der Waals surface area contributed by atoms with E-state index in [0.717, 1.165) is 13.0 Å². The zero-order chi connectivity index (χ0) is 12.3. The normalized spacial score (nSPS) is 26.2. The van der Waals surface area contributed by atoms with Crippen molar-refractivity contribution >= 4 is 0 Å². The molecule has 1 heterocycles. The summed E-state index contributed by atoms with van der Waals surface area (Å²) in [6.45, 7) is 1.08. The highest BCUT2D eigenvalue weighted by molar-refractivity contribution is 5.34. The fraction of sp³-hybridized carbons (Fsp3) is 0.500. The van der Waals surface area contributed by atoms with Crippen molar-refractivity contribution in [2.75, 3.05) is 13.6 Å². The Morgan fingerprint density at radius 2 is 2.24 bits per heavy atom. The number of likely N-dealkylation sites (N-methyl/N-ethyl adjacent to an activating group) is 1. The van der Waals surface area contributed by atoms with E-state index < -0.39 is 0 Å². The number of hydrogen-bond acceptors (Lipinski definition) is 3. The summed E-state index contributed by atoms with van der Waals surface area (Å²) in [5.41, 5.74) is 8.15. The van der Waals surface area contributed by atoms with Gasteiger partial charge < -0.3 is 5.73 Å². The Morgan fingerprint density at radius 1 is 1.41 bits per heavy atom. The first-order chi connectivity index (χ1) is 8.22. The van der Waals surface area contributed by atoms with Crippen LogP contribution in [0.4, 0.5) is 0 Å². The lowest BCUT2D eigenvalue weighted by molar-refractivity contribution is 0.230. The van der Waals surface area contributed by atoms with Crippen molar-refractivity contribution in [2.24, 2.45) is 5.73 Å². The Hall–Kier alpha value is -1.37. The maximum atomic E-state index is 8.95. The summed E-state index contributed by atoms with van der Waals surface area (Å²) in [6, 6.07) is 10.4. The largest absolute Gasteiger partial charge is 0.326 e. The van der Waals surface area contributed by atoms with Gasteiger partial charge in [0.05, 0.1) is 11.6 Å². The Bertz CT molecular complexity index is 410. The van der Waals surface area contributed by atoms with Gasteiger partial charge in [-0.3, -0.25) is 4.90 Å². The van der Waals surface area contributed by atoms with Gasteiger partial charge in [-0.15, -0.1) is 0 Å². The van der Waals surface area contributed by atoms with Gasteiger partial charge in [-0.25, -0.2) is 0 Å². The molecule has 2 atom stereocenters. The summed E-state index contributed by atoms with van der Waals surface area (Å²) in [7, 11) is 2.12. The summed E-state index contributed by atoms with van der Waals surface area (Å²) >= 11 is 0. The average Bonchev–Trinajstić information content (AvgIpc) is 2.51. The molecule has 3 nitrogen and oxygen atoms in total. The van der Waals surface area contributed by atoms with E-state index in [4.69, 9.17) is 11.0 Å². The van der Waals surface area contributed by atoms with E-state index in [9.17, 15) is 0 Å². The molecule has 1 fully saturated rings. The molecule has 0 spiro atoms. The highest BCUT2D eigenvalue weighted by Crippen LogP contribution is 2.28. The van der Waals surface area contributed by atoms with Gasteiger partial charge in [0, 0.05) is 12.1 Å². The smallest absolute Gasteiger partial charge is 0.0991 e. The Morgan fingerprint density at radius 3 is 3.00 bits per heavy atom. The molecule has 1 aromatic rings. The zero-order valence-corrected chi connectivity index (χ0v) is 10.3. The number of benzene rings is 1. The van der Waals surface area contributed by atoms with Crippen LogP contribution in [0, 0.1) is 11.3 Å². The molecule has 0 aliphatic carbocycles. The van der Waals surface area contributed by atoms with Crippen molar-refractivity contribution < 1.29 is 0 Å². The maximum absolute atomic E-state index is 8.95. The monoisotopic (exact) mass is 229 g/mol. The van der Waals surface area contributed by atoms with E-state index in [2.05, 4.69) is 24.1 Å². The molecule has 0 bridgehead atoms. The number of hydrogen-bond donors (Lipinski definition) is 1. The van der Waals surface area contributed by atoms with Gasteiger partial charge >= 0.3 is 0 Å². The van der Waals surface area contributed by atoms with Crippen LogP contribution in [-0.2, 0) is 0 Å². The molecule has 1 aromatic carbocycles. The number of nitrogens with two attached hydrogens (primary N) is 1. The standard InChI is InChI=1S/C14H19N3/c1-17-8-3-2-7-13(16)14(17)12-6-4-5-11(9-12)10-15/h4-6,9,13-14H,2-3,7-8,16H2,1H3. The van der Waals surface area contributed by atoms with Gasteiger partial charge in [0.15, 0.2) is 0 Å². The lowest BCUT2D eigenvalue weighted by Gasteiger charge is -2.30. The van der Waals surface area contributed by atoms with E-state index in [1.54, 1.807) is 0 Å². The second kappa shape index (κ2) is 5.31. The average molecular weight is 229 g/mol. The van der Waals surface area contributed by atoms with E-state index in [-0.39, 0.29) is 12.1 Å². The number of nitriles is 1. The number of rotatable bonds is 1. The quantitative estimate of drug-likeness (QED) is 0.801. The van der Waals surface area contributed by atoms with Crippen LogP contribution in [0.25, 0.3) is 0 Å². The van der Waals surface area contributed by atoms with E-state index in [1.807, 2.05) is 18.2 Å². The molecular formula is C14H19N3. The Kier molecular flexibility index (Phi) is 3.78. The number of nitrogens with zero attached hydrogens (tertiary/aromatic N) is 2. The molecule has 2 N–H and O–H groups in total. The molecule has 17 heavy (non-hydrogen) atoms. The van der Waals surface area contributed by atoms with Gasteiger partial charge in [0.25, 0.3) is 0 Å². The molecule has 1 aliphatic rings. The third kappa shape index (κ3) is 2.66. The minimum absolute atomic E-state index is 0.163. The summed E-state index contributed by atoms with van der Waals surface area (Å²) in [5.74, 6) is 0. The predicted molar refractivity (Wildman–Crippen MR) is 68.4 cm³/mol. The zero-order valence-electron chi connectivity index (χ0n) is 10.3. The van der Waals surface area contributed by atoms with Crippen LogP contribution in [0.5, 0.6) is 0 Å². The van der Waals surface area contributed by atoms with Crippen molar-refractivity contribution in [2.45, 2.75) is 31.3 Å². The second-order valence-corrected chi connectivity index (χ2v) is 4.82. The molecule has 0 aromatic heterocycles. The molecule has 3 heteroatoms. The first-order valence-corrected chi connectivity index (χ1v) is 6.18. The van der Waals surface area contributed by atoms with E-state index >= 15 is 0 Å². The lowest BCUT2D eigenvalue weighted by atomic mass is 9.95. The van der Waals surface area contributed by atoms with Gasteiger partial charge in [0.1, 0.15) is 0 Å². The van der Waals surface area contributed by atoms with Gasteiger partial charge in [-0.2, -0.15) is 5.26 Å². The van der Waals surface area contributed by atoms with Crippen LogP contribution < -0.4 is 5.73 Å². The summed E-state index contributed by atoms with van der Waals surface area (Å²) in [5, 5.41) is 8.95. The van der Waals surface area contributed by atoms with Crippen LogP contribution in [0.3, 0.4) is 0 Å². The molecule has 2 unspecified atom stereocenters. The molecular weight excluding hydrogens is 210 g/mol. The first-order valence-electron chi connectivity index (χ1n) is 6.18. The summed E-state index contributed by atoms with van der Waals surface area (Å²) in [4.78, 5) is 2.31. The number of likely N-dealkylation sites (tertiary alicyclic amines) is 1. The third-order valence-electron chi connectivity index (χ3n) is 3.54. The first kappa shape index (κ1) is 12.1. The van der Waals surface area contributed by atoms with Crippen LogP contribution >= 0.6 is 0 Å². The van der Waals surface area contributed by atoms with Crippen LogP contribution in [-0.4, -0.2) is 24.5 Å². The molecule has 0 radical (unpaired) electrons. The molecule has 90 valence electrons. The highest BCUT2D eigenvalue weighted by atomic mass is 15.1. The highest BCUT2D eigenvalue weighted by Gasteiger charge is 2.26. The topological polar surface area (TPSA) is 53.0 Å². The van der Waals surface area contributed by atoms with Crippen LogP contribution in [0.2, 0.25) is 0 Å². The Balaban J connectivity index is 2.31. The lowest BCUT2D eigenvalue weighted by Crippen LogP contribution is -2.37. The van der Waals surface area contributed by atoms with Crippen molar-refractivity contribution in [1.29, 1.82) is 5.26 Å². The summed E-state index contributed by atoms with van der Waals surface area (Å²) < 4.78 is 0. The van der Waals surface area contributed by atoms with Crippen LogP contribution in [0.1, 0.15) is 36.4 Å². The third-order valence-corrected chi connectivity index (χ3v) is 3.54. The SMILES string of the molecule is CN1CCCCC(N)C1c1cccc(C#N)c1.